The topological polar surface area (TPSA) is 111 Å². The number of hydrogen-bond acceptors (Lipinski definition) is 5. The van der Waals surface area contributed by atoms with Crippen LogP contribution >= 0.6 is 0 Å². The SMILES string of the molecule is CCNC(=O)[C@@H](C)NC(=O)c1ccc(OC)c([N+](=O)[O-])c1. The van der Waals surface area contributed by atoms with Crippen LogP contribution < -0.4 is 15.4 Å². The molecule has 0 aliphatic heterocycles. The third kappa shape index (κ3) is 4.16. The molecule has 2 amide bonds. The number of carbonyl (C=O) groups is 2. The maximum Gasteiger partial charge on any atom is 0.311 e. The molecule has 1 atom stereocenters. The highest BCUT2D eigenvalue weighted by Crippen LogP contribution is 2.27. The number of hydrogen-bond donors (Lipinski definition) is 2. The Balaban J connectivity index is 2.90. The number of likely N-dealkylation sites (N-methyl/N-ethyl adjacent to an activating group) is 1. The van der Waals surface area contributed by atoms with Crippen molar-refractivity contribution < 1.29 is 19.2 Å². The van der Waals surface area contributed by atoms with Crippen LogP contribution in [0.25, 0.3) is 0 Å². The quantitative estimate of drug-likeness (QED) is 0.597. The van der Waals surface area contributed by atoms with Gasteiger partial charge in [0.15, 0.2) is 5.75 Å². The van der Waals surface area contributed by atoms with Crippen LogP contribution in [0.5, 0.6) is 5.75 Å². The molecular formula is C13H17N3O5. The van der Waals surface area contributed by atoms with E-state index in [9.17, 15) is 19.7 Å². The van der Waals surface area contributed by atoms with Crippen LogP contribution in [-0.2, 0) is 4.79 Å². The van der Waals surface area contributed by atoms with Crippen LogP contribution in [0, 0.1) is 10.1 Å². The maximum absolute atomic E-state index is 12.0. The first-order valence-electron chi connectivity index (χ1n) is 6.31. The third-order valence-corrected chi connectivity index (χ3v) is 2.73. The van der Waals surface area contributed by atoms with Crippen LogP contribution in [0.1, 0.15) is 24.2 Å². The van der Waals surface area contributed by atoms with Gasteiger partial charge in [-0.1, -0.05) is 0 Å². The number of nitro benzene ring substituents is 1. The van der Waals surface area contributed by atoms with Crippen molar-refractivity contribution in [2.75, 3.05) is 13.7 Å². The fraction of sp³-hybridized carbons (Fsp3) is 0.385. The predicted molar refractivity (Wildman–Crippen MR) is 75.3 cm³/mol. The van der Waals surface area contributed by atoms with Crippen molar-refractivity contribution in [3.05, 3.63) is 33.9 Å². The Hall–Kier alpha value is -2.64. The Morgan fingerprint density at radius 1 is 1.43 bits per heavy atom. The molecule has 0 spiro atoms. The highest BCUT2D eigenvalue weighted by atomic mass is 16.6. The Morgan fingerprint density at radius 3 is 2.62 bits per heavy atom. The van der Waals surface area contributed by atoms with Crippen molar-refractivity contribution in [3.8, 4) is 5.75 Å². The van der Waals surface area contributed by atoms with E-state index < -0.39 is 16.9 Å². The van der Waals surface area contributed by atoms with Crippen molar-refractivity contribution in [1.82, 2.24) is 10.6 Å². The lowest BCUT2D eigenvalue weighted by Crippen LogP contribution is -2.44. The summed E-state index contributed by atoms with van der Waals surface area (Å²) in [5.74, 6) is -0.832. The summed E-state index contributed by atoms with van der Waals surface area (Å²) in [5.41, 5.74) is -0.227. The predicted octanol–water partition coefficient (Wildman–Crippen LogP) is 0.858. The number of carbonyl (C=O) groups excluding carboxylic acids is 2. The smallest absolute Gasteiger partial charge is 0.311 e. The molecule has 0 heterocycles. The summed E-state index contributed by atoms with van der Waals surface area (Å²) in [6.07, 6.45) is 0. The number of nitro groups is 1. The lowest BCUT2D eigenvalue weighted by atomic mass is 10.1. The molecular weight excluding hydrogens is 278 g/mol. The van der Waals surface area contributed by atoms with E-state index in [4.69, 9.17) is 4.74 Å². The van der Waals surface area contributed by atoms with Gasteiger partial charge in [0.1, 0.15) is 6.04 Å². The van der Waals surface area contributed by atoms with Crippen molar-refractivity contribution in [2.24, 2.45) is 0 Å². The number of ether oxygens (including phenoxy) is 1. The lowest BCUT2D eigenvalue weighted by Gasteiger charge is -2.13. The van der Waals surface area contributed by atoms with E-state index in [0.717, 1.165) is 6.07 Å². The minimum atomic E-state index is -0.737. The Kier molecular flexibility index (Phi) is 5.65. The van der Waals surface area contributed by atoms with Crippen LogP contribution in [0.4, 0.5) is 5.69 Å². The van der Waals surface area contributed by atoms with Gasteiger partial charge in [0.2, 0.25) is 5.91 Å². The number of rotatable bonds is 6. The first kappa shape index (κ1) is 16.4. The fourth-order valence-corrected chi connectivity index (χ4v) is 1.65. The molecule has 0 aliphatic rings. The van der Waals surface area contributed by atoms with E-state index in [-0.39, 0.29) is 22.9 Å². The van der Waals surface area contributed by atoms with Gasteiger partial charge in [-0.3, -0.25) is 19.7 Å². The summed E-state index contributed by atoms with van der Waals surface area (Å²) >= 11 is 0. The number of benzene rings is 1. The van der Waals surface area contributed by atoms with Gasteiger partial charge in [0.25, 0.3) is 5.91 Å². The fourth-order valence-electron chi connectivity index (χ4n) is 1.65. The maximum atomic E-state index is 12.0. The number of methoxy groups -OCH3 is 1. The summed E-state index contributed by atoms with van der Waals surface area (Å²) < 4.78 is 4.86. The molecule has 0 bridgehead atoms. The first-order chi connectivity index (χ1) is 9.90. The Labute approximate surface area is 121 Å². The minimum absolute atomic E-state index is 0.0633. The number of nitrogens with zero attached hydrogens (tertiary/aromatic N) is 1. The molecule has 1 aromatic carbocycles. The van der Waals surface area contributed by atoms with Crippen LogP contribution in [-0.4, -0.2) is 36.4 Å². The van der Waals surface area contributed by atoms with Crippen LogP contribution in [0.15, 0.2) is 18.2 Å². The highest BCUT2D eigenvalue weighted by Gasteiger charge is 2.20. The highest BCUT2D eigenvalue weighted by molar-refractivity contribution is 5.98. The minimum Gasteiger partial charge on any atom is -0.490 e. The Morgan fingerprint density at radius 2 is 2.10 bits per heavy atom. The van der Waals surface area contributed by atoms with Gasteiger partial charge < -0.3 is 15.4 Å². The Bertz CT molecular complexity index is 559. The zero-order chi connectivity index (χ0) is 16.0. The van der Waals surface area contributed by atoms with E-state index in [2.05, 4.69) is 10.6 Å². The molecule has 21 heavy (non-hydrogen) atoms. The number of amides is 2. The molecule has 8 nitrogen and oxygen atoms in total. The molecule has 8 heteroatoms. The largest absolute Gasteiger partial charge is 0.490 e. The molecule has 2 N–H and O–H groups in total. The second kappa shape index (κ2) is 7.22. The number of nitrogens with one attached hydrogen (secondary N) is 2. The zero-order valence-electron chi connectivity index (χ0n) is 12.0. The molecule has 114 valence electrons. The van der Waals surface area contributed by atoms with Gasteiger partial charge in [-0.15, -0.1) is 0 Å². The molecule has 0 aromatic heterocycles. The van der Waals surface area contributed by atoms with E-state index in [0.29, 0.717) is 6.54 Å². The van der Waals surface area contributed by atoms with E-state index in [1.54, 1.807) is 6.92 Å². The van der Waals surface area contributed by atoms with Crippen molar-refractivity contribution in [1.29, 1.82) is 0 Å². The summed E-state index contributed by atoms with van der Waals surface area (Å²) in [7, 11) is 1.30. The van der Waals surface area contributed by atoms with Gasteiger partial charge in [-0.05, 0) is 26.0 Å². The normalized spacial score (nSPS) is 11.4. The molecule has 0 saturated carbocycles. The second-order valence-electron chi connectivity index (χ2n) is 4.23. The van der Waals surface area contributed by atoms with Crippen molar-refractivity contribution >= 4 is 17.5 Å². The summed E-state index contributed by atoms with van der Waals surface area (Å²) in [5, 5.41) is 15.9. The van der Waals surface area contributed by atoms with Gasteiger partial charge in [-0.2, -0.15) is 0 Å². The second-order valence-corrected chi connectivity index (χ2v) is 4.23. The summed E-state index contributed by atoms with van der Waals surface area (Å²) in [6, 6.07) is 3.10. The summed E-state index contributed by atoms with van der Waals surface area (Å²) in [4.78, 5) is 33.8. The molecule has 0 unspecified atom stereocenters. The van der Waals surface area contributed by atoms with Gasteiger partial charge in [-0.25, -0.2) is 0 Å². The van der Waals surface area contributed by atoms with Crippen LogP contribution in [0.3, 0.4) is 0 Å². The molecule has 0 radical (unpaired) electrons. The average molecular weight is 295 g/mol. The summed E-state index contributed by atoms with van der Waals surface area (Å²) in [6.45, 7) is 3.74. The van der Waals surface area contributed by atoms with Crippen LogP contribution in [0.2, 0.25) is 0 Å². The molecule has 1 aromatic rings. The van der Waals surface area contributed by atoms with Gasteiger partial charge >= 0.3 is 5.69 Å². The van der Waals surface area contributed by atoms with Gasteiger partial charge in [0, 0.05) is 18.2 Å². The monoisotopic (exact) mass is 295 g/mol. The van der Waals surface area contributed by atoms with Crippen molar-refractivity contribution in [2.45, 2.75) is 19.9 Å². The van der Waals surface area contributed by atoms with Crippen molar-refractivity contribution in [3.63, 3.8) is 0 Å². The van der Waals surface area contributed by atoms with E-state index in [1.165, 1.54) is 26.2 Å². The average Bonchev–Trinajstić information content (AvgIpc) is 2.46. The first-order valence-corrected chi connectivity index (χ1v) is 6.31. The molecule has 0 fully saturated rings. The standard InChI is InChI=1S/C13H17N3O5/c1-4-14-12(17)8(2)15-13(18)9-5-6-11(21-3)10(7-9)16(19)20/h5-8H,4H2,1-3H3,(H,14,17)(H,15,18)/t8-/m1/s1. The third-order valence-electron chi connectivity index (χ3n) is 2.73. The van der Waals surface area contributed by atoms with E-state index >= 15 is 0 Å². The lowest BCUT2D eigenvalue weighted by molar-refractivity contribution is -0.385. The molecule has 0 aliphatic carbocycles. The molecule has 0 saturated heterocycles. The van der Waals surface area contributed by atoms with E-state index in [1.807, 2.05) is 0 Å². The zero-order valence-corrected chi connectivity index (χ0v) is 12.0. The molecule has 1 rings (SSSR count). The van der Waals surface area contributed by atoms with Gasteiger partial charge in [0.05, 0.1) is 12.0 Å².